The van der Waals surface area contributed by atoms with E-state index in [1.165, 1.54) is 22.0 Å². The van der Waals surface area contributed by atoms with Crippen molar-refractivity contribution >= 4 is 39.9 Å². The molecule has 0 radical (unpaired) electrons. The minimum Gasteiger partial charge on any atom is -0.361 e. The van der Waals surface area contributed by atoms with Gasteiger partial charge in [0.2, 0.25) is 0 Å². The average molecular weight is 344 g/mol. The monoisotopic (exact) mass is 344 g/mol. The summed E-state index contributed by atoms with van der Waals surface area (Å²) in [6, 6.07) is 7.13. The summed E-state index contributed by atoms with van der Waals surface area (Å²) in [5, 5.41) is 7.39. The van der Waals surface area contributed by atoms with Gasteiger partial charge in [0.1, 0.15) is 0 Å². The Labute approximate surface area is 114 Å². The van der Waals surface area contributed by atoms with Gasteiger partial charge in [0, 0.05) is 16.2 Å². The SMILES string of the molecule is S=C1NCC(C2Cc3cccc(I)c3C2)N1. The van der Waals surface area contributed by atoms with Crippen molar-refractivity contribution in [3.05, 3.63) is 32.9 Å². The molecule has 2 aliphatic rings. The Morgan fingerprint density at radius 1 is 1.31 bits per heavy atom. The van der Waals surface area contributed by atoms with Crippen LogP contribution in [0.25, 0.3) is 0 Å². The smallest absolute Gasteiger partial charge is 0.166 e. The van der Waals surface area contributed by atoms with Crippen LogP contribution in [0.1, 0.15) is 11.1 Å². The van der Waals surface area contributed by atoms with Gasteiger partial charge in [-0.3, -0.25) is 0 Å². The highest BCUT2D eigenvalue weighted by molar-refractivity contribution is 14.1. The van der Waals surface area contributed by atoms with Gasteiger partial charge in [-0.15, -0.1) is 0 Å². The maximum atomic E-state index is 5.12. The van der Waals surface area contributed by atoms with Gasteiger partial charge < -0.3 is 10.6 Å². The summed E-state index contributed by atoms with van der Waals surface area (Å²) in [5.74, 6) is 0.693. The topological polar surface area (TPSA) is 24.1 Å². The first-order chi connectivity index (χ1) is 7.74. The van der Waals surface area contributed by atoms with Crippen LogP contribution in [0.15, 0.2) is 18.2 Å². The van der Waals surface area contributed by atoms with Crippen LogP contribution in [0.3, 0.4) is 0 Å². The van der Waals surface area contributed by atoms with Gasteiger partial charge in [-0.1, -0.05) is 12.1 Å². The predicted octanol–water partition coefficient (Wildman–Crippen LogP) is 1.85. The van der Waals surface area contributed by atoms with Crippen LogP contribution in [0.5, 0.6) is 0 Å². The zero-order chi connectivity index (χ0) is 11.1. The van der Waals surface area contributed by atoms with Crippen LogP contribution in [0.4, 0.5) is 0 Å². The molecule has 2 nitrogen and oxygen atoms in total. The summed E-state index contributed by atoms with van der Waals surface area (Å²) in [4.78, 5) is 0. The Morgan fingerprint density at radius 2 is 2.19 bits per heavy atom. The Morgan fingerprint density at radius 3 is 2.88 bits per heavy atom. The molecule has 1 saturated heterocycles. The number of benzene rings is 1. The summed E-state index contributed by atoms with van der Waals surface area (Å²) in [6.07, 6.45) is 2.38. The van der Waals surface area contributed by atoms with Gasteiger partial charge in [0.15, 0.2) is 5.11 Å². The fraction of sp³-hybridized carbons (Fsp3) is 0.417. The first kappa shape index (κ1) is 10.8. The lowest BCUT2D eigenvalue weighted by Gasteiger charge is -2.16. The number of hydrogen-bond donors (Lipinski definition) is 2. The molecule has 1 aromatic rings. The molecule has 1 aliphatic carbocycles. The lowest BCUT2D eigenvalue weighted by molar-refractivity contribution is 0.432. The molecule has 3 rings (SSSR count). The van der Waals surface area contributed by atoms with Crippen molar-refractivity contribution in [1.82, 2.24) is 10.6 Å². The van der Waals surface area contributed by atoms with E-state index in [1.807, 2.05) is 0 Å². The predicted molar refractivity (Wildman–Crippen MR) is 77.6 cm³/mol. The second-order valence-corrected chi connectivity index (χ2v) is 6.08. The van der Waals surface area contributed by atoms with Gasteiger partial charge in [-0.05, 0) is 70.8 Å². The Balaban J connectivity index is 1.80. The van der Waals surface area contributed by atoms with Crippen molar-refractivity contribution in [2.45, 2.75) is 18.9 Å². The minimum absolute atomic E-state index is 0.510. The van der Waals surface area contributed by atoms with Gasteiger partial charge in [-0.2, -0.15) is 0 Å². The molecule has 2 atom stereocenters. The number of nitrogens with one attached hydrogen (secondary N) is 2. The van der Waals surface area contributed by atoms with E-state index in [1.54, 1.807) is 5.56 Å². The van der Waals surface area contributed by atoms with Crippen molar-refractivity contribution < 1.29 is 0 Å². The Hall–Kier alpha value is -0.360. The molecule has 0 bridgehead atoms. The molecule has 0 saturated carbocycles. The third kappa shape index (κ3) is 1.82. The van der Waals surface area contributed by atoms with Crippen LogP contribution in [-0.4, -0.2) is 17.7 Å². The molecule has 1 fully saturated rings. The second-order valence-electron chi connectivity index (χ2n) is 4.51. The maximum absolute atomic E-state index is 5.12. The normalized spacial score (nSPS) is 27.4. The quantitative estimate of drug-likeness (QED) is 0.601. The second kappa shape index (κ2) is 4.14. The van der Waals surface area contributed by atoms with E-state index < -0.39 is 0 Å². The minimum atomic E-state index is 0.510. The van der Waals surface area contributed by atoms with Gasteiger partial charge in [-0.25, -0.2) is 0 Å². The Bertz CT molecular complexity index is 447. The third-order valence-electron chi connectivity index (χ3n) is 3.53. The highest BCUT2D eigenvalue weighted by Crippen LogP contribution is 2.32. The fourth-order valence-corrected chi connectivity index (χ4v) is 3.69. The third-order valence-corrected chi connectivity index (χ3v) is 4.81. The lowest BCUT2D eigenvalue weighted by Crippen LogP contribution is -2.34. The number of fused-ring (bicyclic) bond motifs is 1. The summed E-state index contributed by atoms with van der Waals surface area (Å²) in [7, 11) is 0. The zero-order valence-electron chi connectivity index (χ0n) is 8.79. The first-order valence-corrected chi connectivity index (χ1v) is 7.03. The highest BCUT2D eigenvalue weighted by Gasteiger charge is 2.32. The van der Waals surface area contributed by atoms with E-state index in [0.29, 0.717) is 12.0 Å². The van der Waals surface area contributed by atoms with E-state index in [0.717, 1.165) is 11.7 Å². The summed E-state index contributed by atoms with van der Waals surface area (Å²) < 4.78 is 1.41. The number of rotatable bonds is 1. The molecular formula is C12H13IN2S. The maximum Gasteiger partial charge on any atom is 0.166 e. The molecule has 0 amide bonds. The molecule has 1 heterocycles. The van der Waals surface area contributed by atoms with Crippen LogP contribution < -0.4 is 10.6 Å². The largest absolute Gasteiger partial charge is 0.361 e. The van der Waals surface area contributed by atoms with Gasteiger partial charge in [0.05, 0.1) is 0 Å². The number of halogens is 1. The van der Waals surface area contributed by atoms with E-state index in [2.05, 4.69) is 51.4 Å². The van der Waals surface area contributed by atoms with E-state index in [4.69, 9.17) is 12.2 Å². The molecule has 2 unspecified atom stereocenters. The van der Waals surface area contributed by atoms with Crippen molar-refractivity contribution in [3.63, 3.8) is 0 Å². The molecule has 0 aromatic heterocycles. The van der Waals surface area contributed by atoms with Crippen molar-refractivity contribution in [2.24, 2.45) is 5.92 Å². The van der Waals surface area contributed by atoms with E-state index in [9.17, 15) is 0 Å². The van der Waals surface area contributed by atoms with Crippen LogP contribution in [0.2, 0.25) is 0 Å². The first-order valence-electron chi connectivity index (χ1n) is 5.54. The average Bonchev–Trinajstić information content (AvgIpc) is 2.84. The summed E-state index contributed by atoms with van der Waals surface area (Å²) in [5.41, 5.74) is 3.07. The molecule has 84 valence electrons. The zero-order valence-corrected chi connectivity index (χ0v) is 11.8. The number of hydrogen-bond acceptors (Lipinski definition) is 1. The van der Waals surface area contributed by atoms with Crippen molar-refractivity contribution in [2.75, 3.05) is 6.54 Å². The van der Waals surface area contributed by atoms with Crippen molar-refractivity contribution in [3.8, 4) is 0 Å². The fourth-order valence-electron chi connectivity index (χ4n) is 2.68. The van der Waals surface area contributed by atoms with Gasteiger partial charge >= 0.3 is 0 Å². The summed E-state index contributed by atoms with van der Waals surface area (Å²) >= 11 is 7.56. The molecule has 16 heavy (non-hydrogen) atoms. The van der Waals surface area contributed by atoms with E-state index in [-0.39, 0.29) is 0 Å². The number of thiocarbonyl (C=S) groups is 1. The van der Waals surface area contributed by atoms with Gasteiger partial charge in [0.25, 0.3) is 0 Å². The highest BCUT2D eigenvalue weighted by atomic mass is 127. The molecule has 1 aliphatic heterocycles. The molecular weight excluding hydrogens is 331 g/mol. The molecule has 4 heteroatoms. The molecule has 0 spiro atoms. The van der Waals surface area contributed by atoms with Crippen LogP contribution in [0, 0.1) is 9.49 Å². The Kier molecular flexibility index (Phi) is 2.79. The lowest BCUT2D eigenvalue weighted by atomic mass is 9.97. The summed E-state index contributed by atoms with van der Waals surface area (Å²) in [6.45, 7) is 0.980. The molecule has 1 aromatic carbocycles. The van der Waals surface area contributed by atoms with Crippen LogP contribution >= 0.6 is 34.8 Å². The standard InChI is InChI=1S/C12H13IN2S/c13-10-3-1-2-7-4-8(5-9(7)10)11-6-14-12(16)15-11/h1-3,8,11H,4-6H2,(H2,14,15,16). The molecule has 2 N–H and O–H groups in total. The van der Waals surface area contributed by atoms with E-state index >= 15 is 0 Å². The van der Waals surface area contributed by atoms with Crippen molar-refractivity contribution in [1.29, 1.82) is 0 Å². The van der Waals surface area contributed by atoms with Crippen LogP contribution in [-0.2, 0) is 12.8 Å².